The molecule has 32 heavy (non-hydrogen) atoms. The Morgan fingerprint density at radius 1 is 0.969 bits per heavy atom. The molecule has 2 aliphatic rings. The number of rotatable bonds is 8. The van der Waals surface area contributed by atoms with Gasteiger partial charge in [0.2, 0.25) is 0 Å². The monoisotopic (exact) mass is 433 g/mol. The molecule has 0 unspecified atom stereocenters. The van der Waals surface area contributed by atoms with E-state index in [1.807, 2.05) is 77.4 Å². The molecule has 3 aromatic rings. The number of ether oxygens (including phenoxy) is 4. The summed E-state index contributed by atoms with van der Waals surface area (Å²) in [6.45, 7) is 2.27. The van der Waals surface area contributed by atoms with Crippen LogP contribution in [0.3, 0.4) is 0 Å². The summed E-state index contributed by atoms with van der Waals surface area (Å²) >= 11 is 0. The summed E-state index contributed by atoms with van der Waals surface area (Å²) in [5.41, 5.74) is 3.84. The zero-order valence-electron chi connectivity index (χ0n) is 17.9. The van der Waals surface area contributed by atoms with Crippen LogP contribution >= 0.6 is 0 Å². The Labute approximate surface area is 187 Å². The number of hydrogen-bond donors (Lipinski definition) is 0. The van der Waals surface area contributed by atoms with Crippen molar-refractivity contribution in [2.24, 2.45) is 0 Å². The van der Waals surface area contributed by atoms with Crippen LogP contribution in [-0.4, -0.2) is 35.5 Å². The van der Waals surface area contributed by atoms with Gasteiger partial charge in [-0.1, -0.05) is 60.7 Å². The molecule has 2 aliphatic heterocycles. The van der Waals surface area contributed by atoms with Crippen molar-refractivity contribution in [1.29, 1.82) is 0 Å². The highest BCUT2D eigenvalue weighted by atomic mass is 16.7. The van der Waals surface area contributed by atoms with Crippen molar-refractivity contribution in [2.45, 2.75) is 50.8 Å². The van der Waals surface area contributed by atoms with Crippen molar-refractivity contribution in [2.75, 3.05) is 6.61 Å². The van der Waals surface area contributed by atoms with Crippen LogP contribution in [-0.2, 0) is 45.3 Å². The van der Waals surface area contributed by atoms with Gasteiger partial charge >= 0.3 is 0 Å². The van der Waals surface area contributed by atoms with Gasteiger partial charge in [-0.25, -0.2) is 0 Å². The molecule has 1 fully saturated rings. The molecule has 2 aromatic carbocycles. The van der Waals surface area contributed by atoms with Gasteiger partial charge in [0.15, 0.2) is 12.1 Å². The third-order valence-corrected chi connectivity index (χ3v) is 6.10. The van der Waals surface area contributed by atoms with E-state index in [4.69, 9.17) is 18.9 Å². The van der Waals surface area contributed by atoms with E-state index in [-0.39, 0.29) is 12.2 Å². The number of fused-ring (bicyclic) bond motifs is 1. The Morgan fingerprint density at radius 2 is 1.69 bits per heavy atom. The zero-order valence-corrected chi connectivity index (χ0v) is 17.9. The van der Waals surface area contributed by atoms with Crippen molar-refractivity contribution in [3.8, 4) is 0 Å². The van der Waals surface area contributed by atoms with Gasteiger partial charge in [0, 0.05) is 12.1 Å². The zero-order chi connectivity index (χ0) is 21.8. The minimum Gasteiger partial charge on any atom is -0.374 e. The lowest BCUT2D eigenvalue weighted by molar-refractivity contribution is -0.257. The largest absolute Gasteiger partial charge is 0.374 e. The summed E-state index contributed by atoms with van der Waals surface area (Å²) in [4.78, 5) is 11.5. The van der Waals surface area contributed by atoms with E-state index in [0.29, 0.717) is 45.1 Å². The Kier molecular flexibility index (Phi) is 6.19. The first-order valence-electron chi connectivity index (χ1n) is 11.0. The normalized spacial score (nSPS) is 24.5. The number of carbonyl (C=O) groups excluding carboxylic acids is 1. The lowest BCUT2D eigenvalue weighted by Gasteiger charge is -2.35. The van der Waals surface area contributed by atoms with Gasteiger partial charge < -0.3 is 23.5 Å². The SMILES string of the molecule is O=Cc1ccc2n1C[C@@]1(C[C@H](OCc3ccccc3)[C@@H](COCc3ccccc3)O1)OC2. The van der Waals surface area contributed by atoms with E-state index in [1.165, 1.54) is 0 Å². The lowest BCUT2D eigenvalue weighted by Crippen LogP contribution is -2.42. The Morgan fingerprint density at radius 3 is 2.41 bits per heavy atom. The molecule has 0 saturated carbocycles. The van der Waals surface area contributed by atoms with Crippen LogP contribution in [0.2, 0.25) is 0 Å². The van der Waals surface area contributed by atoms with Gasteiger partial charge in [-0.05, 0) is 23.3 Å². The van der Waals surface area contributed by atoms with Crippen LogP contribution in [0.15, 0.2) is 72.8 Å². The van der Waals surface area contributed by atoms with Gasteiger partial charge in [-0.15, -0.1) is 0 Å². The quantitative estimate of drug-likeness (QED) is 0.500. The molecular weight excluding hydrogens is 406 g/mol. The fraction of sp³-hybridized carbons (Fsp3) is 0.346. The summed E-state index contributed by atoms with van der Waals surface area (Å²) < 4.78 is 26.9. The van der Waals surface area contributed by atoms with Crippen molar-refractivity contribution in [3.05, 3.63) is 95.3 Å². The summed E-state index contributed by atoms with van der Waals surface area (Å²) in [5.74, 6) is -0.827. The molecule has 1 saturated heterocycles. The average molecular weight is 434 g/mol. The molecule has 6 nitrogen and oxygen atoms in total. The second-order valence-electron chi connectivity index (χ2n) is 8.35. The van der Waals surface area contributed by atoms with Gasteiger partial charge in [-0.3, -0.25) is 4.79 Å². The summed E-state index contributed by atoms with van der Waals surface area (Å²) in [5, 5.41) is 0. The summed E-state index contributed by atoms with van der Waals surface area (Å²) in [7, 11) is 0. The Hall–Kier alpha value is -2.77. The molecule has 6 heteroatoms. The highest BCUT2D eigenvalue weighted by Crippen LogP contribution is 2.39. The van der Waals surface area contributed by atoms with Crippen molar-refractivity contribution in [1.82, 2.24) is 4.57 Å². The first-order chi connectivity index (χ1) is 15.7. The molecule has 1 aromatic heterocycles. The van der Waals surface area contributed by atoms with Crippen LogP contribution in [0.1, 0.15) is 33.7 Å². The van der Waals surface area contributed by atoms with Gasteiger partial charge in [0.05, 0.1) is 44.8 Å². The van der Waals surface area contributed by atoms with Crippen molar-refractivity contribution < 1.29 is 23.7 Å². The minimum atomic E-state index is -0.827. The maximum atomic E-state index is 11.5. The molecule has 0 bridgehead atoms. The Bertz CT molecular complexity index is 1030. The van der Waals surface area contributed by atoms with Gasteiger partial charge in [0.25, 0.3) is 0 Å². The smallest absolute Gasteiger partial charge is 0.189 e. The number of nitrogens with zero attached hydrogens (tertiary/aromatic N) is 1. The predicted molar refractivity (Wildman–Crippen MR) is 118 cm³/mol. The predicted octanol–water partition coefficient (Wildman–Crippen LogP) is 4.12. The van der Waals surface area contributed by atoms with E-state index < -0.39 is 5.79 Å². The molecule has 1 spiro atoms. The van der Waals surface area contributed by atoms with Gasteiger partial charge in [-0.2, -0.15) is 0 Å². The van der Waals surface area contributed by atoms with Crippen LogP contribution < -0.4 is 0 Å². The third kappa shape index (κ3) is 4.54. The van der Waals surface area contributed by atoms with Crippen LogP contribution in [0.4, 0.5) is 0 Å². The molecule has 0 amide bonds. The standard InChI is InChI=1S/C26H27NO5/c28-14-22-11-12-23-17-31-26(19-27(22)23)13-24(30-16-21-9-5-2-6-10-21)25(32-26)18-29-15-20-7-3-1-4-8-20/h1-12,14,24-25H,13,15-19H2/t24-,25+,26-/m0/s1. The molecule has 0 aliphatic carbocycles. The van der Waals surface area contributed by atoms with Gasteiger partial charge in [0.1, 0.15) is 6.10 Å². The molecule has 0 radical (unpaired) electrons. The minimum absolute atomic E-state index is 0.178. The number of hydrogen-bond acceptors (Lipinski definition) is 5. The summed E-state index contributed by atoms with van der Waals surface area (Å²) in [6.07, 6.45) is 1.01. The fourth-order valence-corrected chi connectivity index (χ4v) is 4.43. The first-order valence-corrected chi connectivity index (χ1v) is 11.0. The molecule has 5 rings (SSSR count). The number of aldehydes is 1. The topological polar surface area (TPSA) is 58.9 Å². The second kappa shape index (κ2) is 9.38. The van der Waals surface area contributed by atoms with Crippen LogP contribution in [0, 0.1) is 0 Å². The first kappa shape index (κ1) is 21.1. The number of carbonyl (C=O) groups is 1. The lowest BCUT2D eigenvalue weighted by atomic mass is 10.1. The van der Waals surface area contributed by atoms with Crippen LogP contribution in [0.25, 0.3) is 0 Å². The van der Waals surface area contributed by atoms with Crippen molar-refractivity contribution in [3.63, 3.8) is 0 Å². The highest BCUT2D eigenvalue weighted by Gasteiger charge is 2.50. The highest BCUT2D eigenvalue weighted by molar-refractivity contribution is 5.72. The average Bonchev–Trinajstić information content (AvgIpc) is 3.39. The number of benzene rings is 2. The van der Waals surface area contributed by atoms with E-state index in [2.05, 4.69) is 0 Å². The van der Waals surface area contributed by atoms with E-state index in [0.717, 1.165) is 23.1 Å². The van der Waals surface area contributed by atoms with E-state index >= 15 is 0 Å². The van der Waals surface area contributed by atoms with E-state index in [1.54, 1.807) is 0 Å². The summed E-state index contributed by atoms with van der Waals surface area (Å²) in [6, 6.07) is 23.9. The molecular formula is C26H27NO5. The van der Waals surface area contributed by atoms with Crippen molar-refractivity contribution >= 4 is 6.29 Å². The second-order valence-corrected chi connectivity index (χ2v) is 8.35. The fourth-order valence-electron chi connectivity index (χ4n) is 4.43. The molecule has 166 valence electrons. The third-order valence-electron chi connectivity index (χ3n) is 6.10. The maximum Gasteiger partial charge on any atom is 0.189 e. The maximum absolute atomic E-state index is 11.5. The molecule has 3 atom stereocenters. The number of aromatic nitrogens is 1. The Balaban J connectivity index is 1.29. The molecule has 0 N–H and O–H groups in total. The van der Waals surface area contributed by atoms with E-state index in [9.17, 15) is 4.79 Å². The van der Waals surface area contributed by atoms with Crippen LogP contribution in [0.5, 0.6) is 0 Å². The molecule has 3 heterocycles.